The van der Waals surface area contributed by atoms with E-state index in [-0.39, 0.29) is 11.5 Å². The van der Waals surface area contributed by atoms with E-state index in [1.54, 1.807) is 13.3 Å². The second kappa shape index (κ2) is 5.71. The van der Waals surface area contributed by atoms with E-state index in [1.807, 2.05) is 11.7 Å². The summed E-state index contributed by atoms with van der Waals surface area (Å²) in [4.78, 5) is 0. The zero-order valence-electron chi connectivity index (χ0n) is 12.3. The summed E-state index contributed by atoms with van der Waals surface area (Å²) in [5.74, 6) is 7.01. The molecule has 0 bridgehead atoms. The minimum Gasteiger partial charge on any atom is -0.493 e. The molecule has 0 aliphatic heterocycles. The van der Waals surface area contributed by atoms with Gasteiger partial charge in [-0.25, -0.2) is 0 Å². The summed E-state index contributed by atoms with van der Waals surface area (Å²) >= 11 is 0. The van der Waals surface area contributed by atoms with E-state index in [1.165, 1.54) is 0 Å². The molecule has 0 amide bonds. The summed E-state index contributed by atoms with van der Waals surface area (Å²) < 4.78 is 7.16. The fourth-order valence-corrected chi connectivity index (χ4v) is 1.95. The average Bonchev–Trinajstić information content (AvgIpc) is 2.65. The molecule has 0 aliphatic carbocycles. The van der Waals surface area contributed by atoms with Gasteiger partial charge in [-0.1, -0.05) is 27.7 Å². The molecule has 0 spiro atoms. The molecular weight excluding hydrogens is 228 g/mol. The Bertz CT molecular complexity index is 381. The molecule has 18 heavy (non-hydrogen) atoms. The van der Waals surface area contributed by atoms with Gasteiger partial charge in [0, 0.05) is 7.05 Å². The molecule has 0 radical (unpaired) electrons. The van der Waals surface area contributed by atoms with E-state index in [2.05, 4.69) is 38.2 Å². The van der Waals surface area contributed by atoms with Crippen LogP contribution in [0.5, 0.6) is 5.75 Å². The minimum absolute atomic E-state index is 0.0432. The molecule has 0 aliphatic rings. The Kier molecular flexibility index (Phi) is 4.76. The van der Waals surface area contributed by atoms with Crippen molar-refractivity contribution in [2.45, 2.75) is 40.2 Å². The van der Waals surface area contributed by atoms with Crippen LogP contribution < -0.4 is 16.0 Å². The second-order valence-corrected chi connectivity index (χ2v) is 5.94. The Morgan fingerprint density at radius 2 is 2.11 bits per heavy atom. The summed E-state index contributed by atoms with van der Waals surface area (Å²) in [6.07, 6.45) is 2.66. The van der Waals surface area contributed by atoms with E-state index in [0.717, 1.165) is 17.9 Å². The van der Waals surface area contributed by atoms with Gasteiger partial charge in [-0.3, -0.25) is 16.0 Å². The number of nitrogens with one attached hydrogen (secondary N) is 1. The van der Waals surface area contributed by atoms with Crippen LogP contribution >= 0.6 is 0 Å². The van der Waals surface area contributed by atoms with Crippen molar-refractivity contribution in [1.29, 1.82) is 0 Å². The Labute approximate surface area is 110 Å². The molecular formula is C13H26N4O. The van der Waals surface area contributed by atoms with Crippen LogP contribution in [0.2, 0.25) is 0 Å². The number of ether oxygens (including phenoxy) is 1. The van der Waals surface area contributed by atoms with Crippen LogP contribution in [-0.2, 0) is 7.05 Å². The van der Waals surface area contributed by atoms with Gasteiger partial charge in [0.2, 0.25) is 0 Å². The van der Waals surface area contributed by atoms with Gasteiger partial charge in [-0.15, -0.1) is 0 Å². The third-order valence-electron chi connectivity index (χ3n) is 3.77. The molecule has 1 aromatic heterocycles. The molecule has 5 heteroatoms. The molecule has 0 fully saturated rings. The number of aryl methyl sites for hydroxylation is 1. The normalized spacial score (nSPS) is 15.5. The number of rotatable bonds is 5. The first kappa shape index (κ1) is 15.0. The molecule has 1 heterocycles. The van der Waals surface area contributed by atoms with E-state index < -0.39 is 0 Å². The van der Waals surface area contributed by atoms with Gasteiger partial charge >= 0.3 is 0 Å². The van der Waals surface area contributed by atoms with Gasteiger partial charge in [0.15, 0.2) is 5.75 Å². The number of hydrogen-bond donors (Lipinski definition) is 2. The topological polar surface area (TPSA) is 65.1 Å². The highest BCUT2D eigenvalue weighted by Crippen LogP contribution is 2.35. The molecule has 1 rings (SSSR count). The summed E-state index contributed by atoms with van der Waals surface area (Å²) in [6.45, 7) is 8.97. The first-order valence-corrected chi connectivity index (χ1v) is 6.33. The molecule has 0 saturated carbocycles. The van der Waals surface area contributed by atoms with Crippen LogP contribution in [0.4, 0.5) is 0 Å². The van der Waals surface area contributed by atoms with Crippen LogP contribution in [0.3, 0.4) is 0 Å². The van der Waals surface area contributed by atoms with Crippen molar-refractivity contribution in [2.75, 3.05) is 7.11 Å². The molecule has 0 aromatic carbocycles. The van der Waals surface area contributed by atoms with Crippen molar-refractivity contribution >= 4 is 0 Å². The molecule has 3 N–H and O–H groups in total. The number of methoxy groups -OCH3 is 1. The van der Waals surface area contributed by atoms with Crippen molar-refractivity contribution < 1.29 is 4.74 Å². The Balaban J connectivity index is 2.93. The van der Waals surface area contributed by atoms with Crippen LogP contribution in [0, 0.1) is 11.3 Å². The average molecular weight is 254 g/mol. The number of aromatic nitrogens is 2. The van der Waals surface area contributed by atoms with Crippen LogP contribution in [0.15, 0.2) is 6.20 Å². The summed E-state index contributed by atoms with van der Waals surface area (Å²) in [5.41, 5.74) is 4.13. The Morgan fingerprint density at radius 3 is 2.56 bits per heavy atom. The predicted octanol–water partition coefficient (Wildman–Crippen LogP) is 2.01. The Morgan fingerprint density at radius 1 is 1.50 bits per heavy atom. The summed E-state index contributed by atoms with van der Waals surface area (Å²) in [6, 6.07) is 0.0432. The zero-order valence-corrected chi connectivity index (χ0v) is 12.3. The molecule has 5 nitrogen and oxygen atoms in total. The fourth-order valence-electron chi connectivity index (χ4n) is 1.95. The van der Waals surface area contributed by atoms with Gasteiger partial charge in [0.25, 0.3) is 0 Å². The van der Waals surface area contributed by atoms with Gasteiger partial charge in [-0.05, 0) is 17.8 Å². The number of hydrogen-bond acceptors (Lipinski definition) is 4. The smallest absolute Gasteiger partial charge is 0.161 e. The van der Waals surface area contributed by atoms with Crippen LogP contribution in [0.1, 0.15) is 45.9 Å². The highest BCUT2D eigenvalue weighted by Gasteiger charge is 2.27. The lowest BCUT2D eigenvalue weighted by molar-refractivity contribution is 0.219. The van der Waals surface area contributed by atoms with Crippen molar-refractivity contribution in [2.24, 2.45) is 24.2 Å². The second-order valence-electron chi connectivity index (χ2n) is 5.94. The summed E-state index contributed by atoms with van der Waals surface area (Å²) in [7, 11) is 3.56. The fraction of sp³-hybridized carbons (Fsp3) is 0.769. The van der Waals surface area contributed by atoms with Crippen molar-refractivity contribution in [3.8, 4) is 5.75 Å². The van der Waals surface area contributed by atoms with E-state index in [4.69, 9.17) is 10.6 Å². The lowest BCUT2D eigenvalue weighted by Gasteiger charge is -2.30. The number of hydrazine groups is 1. The zero-order chi connectivity index (χ0) is 13.9. The molecule has 2 unspecified atom stereocenters. The molecule has 0 saturated heterocycles. The quantitative estimate of drug-likeness (QED) is 0.623. The first-order valence-electron chi connectivity index (χ1n) is 6.33. The lowest BCUT2D eigenvalue weighted by atomic mass is 9.78. The lowest BCUT2D eigenvalue weighted by Crippen LogP contribution is -2.33. The van der Waals surface area contributed by atoms with Crippen LogP contribution in [0.25, 0.3) is 0 Å². The minimum atomic E-state index is 0.0432. The van der Waals surface area contributed by atoms with E-state index in [9.17, 15) is 0 Å². The van der Waals surface area contributed by atoms with E-state index >= 15 is 0 Å². The largest absolute Gasteiger partial charge is 0.493 e. The predicted molar refractivity (Wildman–Crippen MR) is 73.1 cm³/mol. The molecule has 1 aromatic rings. The monoisotopic (exact) mass is 254 g/mol. The van der Waals surface area contributed by atoms with Crippen molar-refractivity contribution in [3.05, 3.63) is 11.9 Å². The maximum atomic E-state index is 5.70. The Hall–Kier alpha value is -1.07. The molecule has 104 valence electrons. The van der Waals surface area contributed by atoms with Gasteiger partial charge in [0.05, 0.1) is 25.0 Å². The maximum Gasteiger partial charge on any atom is 0.161 e. The van der Waals surface area contributed by atoms with Gasteiger partial charge in [-0.2, -0.15) is 5.10 Å². The van der Waals surface area contributed by atoms with Gasteiger partial charge < -0.3 is 4.74 Å². The standard InChI is InChI=1S/C13H26N4O/c1-9(13(2,3)4)7-10(16-14)12-11(18-6)8-15-17(12)5/h8-10,16H,7,14H2,1-6H3. The maximum absolute atomic E-state index is 5.70. The SMILES string of the molecule is COc1cnn(C)c1C(CC(C)C(C)(C)C)NN. The van der Waals surface area contributed by atoms with Crippen molar-refractivity contribution in [1.82, 2.24) is 15.2 Å². The van der Waals surface area contributed by atoms with Crippen LogP contribution in [-0.4, -0.2) is 16.9 Å². The van der Waals surface area contributed by atoms with E-state index in [0.29, 0.717) is 5.92 Å². The van der Waals surface area contributed by atoms with Crippen molar-refractivity contribution in [3.63, 3.8) is 0 Å². The third-order valence-corrected chi connectivity index (χ3v) is 3.77. The molecule has 2 atom stereocenters. The highest BCUT2D eigenvalue weighted by atomic mass is 16.5. The number of nitrogens with two attached hydrogens (primary N) is 1. The third kappa shape index (κ3) is 3.23. The first-order chi connectivity index (χ1) is 8.31. The highest BCUT2D eigenvalue weighted by molar-refractivity contribution is 5.28. The van der Waals surface area contributed by atoms with Gasteiger partial charge in [0.1, 0.15) is 0 Å². The number of nitrogens with zero attached hydrogens (tertiary/aromatic N) is 2. The summed E-state index contributed by atoms with van der Waals surface area (Å²) in [5, 5.41) is 4.22.